The first-order valence-corrected chi connectivity index (χ1v) is 12.1. The molecule has 0 radical (unpaired) electrons. The van der Waals surface area contributed by atoms with Crippen LogP contribution >= 0.6 is 0 Å². The van der Waals surface area contributed by atoms with E-state index in [4.69, 9.17) is 5.26 Å². The van der Waals surface area contributed by atoms with Gasteiger partial charge in [0.05, 0.1) is 28.8 Å². The van der Waals surface area contributed by atoms with E-state index in [1.165, 1.54) is 23.8 Å². The summed E-state index contributed by atoms with van der Waals surface area (Å²) in [6.45, 7) is 6.02. The third-order valence-corrected chi connectivity index (χ3v) is 7.22. The molecule has 0 atom stereocenters. The van der Waals surface area contributed by atoms with E-state index in [0.29, 0.717) is 16.8 Å². The number of nitrogens with zero attached hydrogens (tertiary/aromatic N) is 5. The van der Waals surface area contributed by atoms with E-state index in [1.54, 1.807) is 38.2 Å². The molecule has 2 heterocycles. The van der Waals surface area contributed by atoms with E-state index in [0.717, 1.165) is 11.6 Å². The molecule has 0 aliphatic carbocycles. The van der Waals surface area contributed by atoms with Crippen molar-refractivity contribution in [2.45, 2.75) is 31.3 Å². The number of hydrogen-bond donors (Lipinski definition) is 0. The molecule has 0 amide bonds. The van der Waals surface area contributed by atoms with E-state index in [2.05, 4.69) is 27.7 Å². The van der Waals surface area contributed by atoms with E-state index in [-0.39, 0.29) is 34.3 Å². The second kappa shape index (κ2) is 9.84. The summed E-state index contributed by atoms with van der Waals surface area (Å²) in [5.41, 5.74) is 1.10. The second-order valence-electron chi connectivity index (χ2n) is 7.66. The Labute approximate surface area is 201 Å². The van der Waals surface area contributed by atoms with Gasteiger partial charge >= 0.3 is 6.18 Å². The van der Waals surface area contributed by atoms with Gasteiger partial charge in [-0.15, -0.1) is 0 Å². The van der Waals surface area contributed by atoms with Gasteiger partial charge in [0, 0.05) is 24.5 Å². The van der Waals surface area contributed by atoms with Gasteiger partial charge < -0.3 is 4.57 Å². The summed E-state index contributed by atoms with van der Waals surface area (Å²) in [5, 5.41) is 8.96. The van der Waals surface area contributed by atoms with Crippen LogP contribution in [0.2, 0.25) is 0 Å². The largest absolute Gasteiger partial charge is 0.433 e. The van der Waals surface area contributed by atoms with E-state index in [1.807, 2.05) is 0 Å². The molecule has 3 aromatic rings. The summed E-state index contributed by atoms with van der Waals surface area (Å²) in [5.74, 6) is -0.120. The van der Waals surface area contributed by atoms with Gasteiger partial charge in [0.25, 0.3) is 0 Å². The number of imidazole rings is 1. The van der Waals surface area contributed by atoms with Crippen LogP contribution in [0.4, 0.5) is 13.2 Å². The lowest BCUT2D eigenvalue weighted by Crippen LogP contribution is -2.09. The zero-order valence-corrected chi connectivity index (χ0v) is 20.1. The average Bonchev–Trinajstić information content (AvgIpc) is 3.10. The third kappa shape index (κ3) is 5.33. The van der Waals surface area contributed by atoms with Crippen molar-refractivity contribution >= 4 is 22.6 Å². The fourth-order valence-corrected chi connectivity index (χ4v) is 4.47. The molecule has 0 saturated carbocycles. The van der Waals surface area contributed by atoms with Crippen molar-refractivity contribution in [2.24, 2.45) is 12.0 Å². The van der Waals surface area contributed by atoms with Crippen LogP contribution in [0.15, 0.2) is 52.1 Å². The molecule has 0 aliphatic heterocycles. The second-order valence-corrected chi connectivity index (χ2v) is 9.91. The molecule has 182 valence electrons. The Balaban J connectivity index is 2.23. The summed E-state index contributed by atoms with van der Waals surface area (Å²) in [4.78, 5) is 11.6. The highest BCUT2D eigenvalue weighted by Gasteiger charge is 2.34. The summed E-state index contributed by atoms with van der Waals surface area (Å²) < 4.78 is 67.0. The SMILES string of the molecule is C=N/C(=C\c1nc(-c2ncc(-c3cccc(CC#N)c3)cc2S(=O)(=O)CC)n(C)c1C)C(F)(F)F. The number of rotatable bonds is 7. The molecule has 35 heavy (non-hydrogen) atoms. The molecule has 2 aromatic heterocycles. The molecule has 0 bridgehead atoms. The molecule has 0 saturated heterocycles. The highest BCUT2D eigenvalue weighted by Crippen LogP contribution is 2.33. The van der Waals surface area contributed by atoms with Crippen molar-refractivity contribution in [2.75, 3.05) is 5.75 Å². The number of allylic oxidation sites excluding steroid dienone is 1. The van der Waals surface area contributed by atoms with Crippen LogP contribution in [0.3, 0.4) is 0 Å². The van der Waals surface area contributed by atoms with Gasteiger partial charge in [0.2, 0.25) is 0 Å². The van der Waals surface area contributed by atoms with Crippen LogP contribution in [0.25, 0.3) is 28.7 Å². The van der Waals surface area contributed by atoms with Gasteiger partial charge in [0.15, 0.2) is 15.7 Å². The lowest BCUT2D eigenvalue weighted by Gasteiger charge is -2.12. The van der Waals surface area contributed by atoms with Gasteiger partial charge in [-0.2, -0.15) is 18.4 Å². The first kappa shape index (κ1) is 25.8. The zero-order valence-electron chi connectivity index (χ0n) is 19.3. The smallest absolute Gasteiger partial charge is 0.329 e. The fraction of sp³-hybridized carbons (Fsp3) is 0.250. The van der Waals surface area contributed by atoms with Gasteiger partial charge in [-0.25, -0.2) is 13.4 Å². The van der Waals surface area contributed by atoms with Crippen molar-refractivity contribution in [3.8, 4) is 28.7 Å². The normalized spacial score (nSPS) is 12.4. The molecular weight excluding hydrogens is 479 g/mol. The van der Waals surface area contributed by atoms with Crippen LogP contribution in [0, 0.1) is 18.3 Å². The zero-order chi connectivity index (χ0) is 26.0. The predicted octanol–water partition coefficient (Wildman–Crippen LogP) is 4.92. The maximum atomic E-state index is 13.2. The molecular formula is C24H22F3N5O2S. The number of nitriles is 1. The van der Waals surface area contributed by atoms with E-state index >= 15 is 0 Å². The standard InChI is InChI=1S/C24H22F3N5O2S/c1-5-35(33,34)20-12-18(17-8-6-7-16(11-17)9-10-28)14-30-22(20)23-31-19(15(2)32(23)4)13-21(29-3)24(25,26)27/h6-8,11-14H,3,5,9H2,1-2,4H3/b21-13-. The Hall–Kier alpha value is -3.78. The first-order chi connectivity index (χ1) is 16.4. The quantitative estimate of drug-likeness (QED) is 0.428. The minimum atomic E-state index is -4.72. The van der Waals surface area contributed by atoms with Gasteiger partial charge in [-0.05, 0) is 36.9 Å². The number of sulfone groups is 1. The maximum absolute atomic E-state index is 13.2. The van der Waals surface area contributed by atoms with Crippen LogP contribution < -0.4 is 0 Å². The number of aromatic nitrogens is 3. The summed E-state index contributed by atoms with van der Waals surface area (Å²) in [6.07, 6.45) is -2.29. The monoisotopic (exact) mass is 501 g/mol. The topological polar surface area (TPSA) is 101 Å². The molecule has 0 fully saturated rings. The van der Waals surface area contributed by atoms with E-state index in [9.17, 15) is 21.6 Å². The summed E-state index contributed by atoms with van der Waals surface area (Å²) in [7, 11) is -2.23. The van der Waals surface area contributed by atoms with E-state index < -0.39 is 21.7 Å². The molecule has 1 aromatic carbocycles. The Morgan fingerprint density at radius 3 is 2.60 bits per heavy atom. The molecule has 7 nitrogen and oxygen atoms in total. The van der Waals surface area contributed by atoms with Crippen LogP contribution in [0.1, 0.15) is 23.9 Å². The van der Waals surface area contributed by atoms with Gasteiger partial charge in [-0.1, -0.05) is 31.2 Å². The van der Waals surface area contributed by atoms with Crippen LogP contribution in [0.5, 0.6) is 0 Å². The Bertz CT molecular complexity index is 1470. The molecule has 0 unspecified atom stereocenters. The lowest BCUT2D eigenvalue weighted by molar-refractivity contribution is -0.0912. The minimum absolute atomic E-state index is 0.0224. The predicted molar refractivity (Wildman–Crippen MR) is 127 cm³/mol. The van der Waals surface area contributed by atoms with Crippen molar-refractivity contribution < 1.29 is 21.6 Å². The molecule has 0 N–H and O–H groups in total. The average molecular weight is 502 g/mol. The van der Waals surface area contributed by atoms with Crippen LogP contribution in [-0.2, 0) is 23.3 Å². The highest BCUT2D eigenvalue weighted by atomic mass is 32.2. The Morgan fingerprint density at radius 1 is 1.29 bits per heavy atom. The Kier molecular flexibility index (Phi) is 7.26. The maximum Gasteiger partial charge on any atom is 0.433 e. The number of alkyl halides is 3. The van der Waals surface area contributed by atoms with Crippen molar-refractivity contribution in [3.63, 3.8) is 0 Å². The number of aliphatic imine (C=N–C) groups is 1. The molecule has 11 heteroatoms. The lowest BCUT2D eigenvalue weighted by atomic mass is 10.0. The molecule has 3 rings (SSSR count). The van der Waals surface area contributed by atoms with Crippen LogP contribution in [-0.4, -0.2) is 41.6 Å². The van der Waals surface area contributed by atoms with Crippen molar-refractivity contribution in [3.05, 3.63) is 59.2 Å². The van der Waals surface area contributed by atoms with Crippen molar-refractivity contribution in [1.29, 1.82) is 5.26 Å². The van der Waals surface area contributed by atoms with Gasteiger partial charge in [0.1, 0.15) is 11.4 Å². The molecule has 0 aliphatic rings. The first-order valence-electron chi connectivity index (χ1n) is 10.4. The number of pyridine rings is 1. The summed E-state index contributed by atoms with van der Waals surface area (Å²) in [6, 6.07) is 10.6. The third-order valence-electron chi connectivity index (χ3n) is 5.48. The summed E-state index contributed by atoms with van der Waals surface area (Å²) >= 11 is 0. The fourth-order valence-electron chi connectivity index (χ4n) is 3.41. The number of hydrogen-bond acceptors (Lipinski definition) is 6. The number of halogens is 3. The van der Waals surface area contributed by atoms with Gasteiger partial charge in [-0.3, -0.25) is 9.98 Å². The molecule has 0 spiro atoms. The Morgan fingerprint density at radius 2 is 2.00 bits per heavy atom. The minimum Gasteiger partial charge on any atom is -0.329 e. The number of benzene rings is 1. The van der Waals surface area contributed by atoms with Crippen molar-refractivity contribution in [1.82, 2.24) is 14.5 Å². The highest BCUT2D eigenvalue weighted by molar-refractivity contribution is 7.91.